The van der Waals surface area contributed by atoms with Crippen molar-refractivity contribution in [3.8, 4) is 5.75 Å². The van der Waals surface area contributed by atoms with E-state index in [4.69, 9.17) is 4.74 Å². The molecule has 0 unspecified atom stereocenters. The van der Waals surface area contributed by atoms with E-state index >= 15 is 0 Å². The lowest BCUT2D eigenvalue weighted by Crippen LogP contribution is -2.42. The minimum absolute atomic E-state index is 0.0647. The zero-order valence-corrected chi connectivity index (χ0v) is 15.6. The molecular formula is C20H28N2O3. The summed E-state index contributed by atoms with van der Waals surface area (Å²) in [5, 5.41) is 2.96. The number of carbonyl (C=O) groups is 2. The summed E-state index contributed by atoms with van der Waals surface area (Å²) in [6.07, 6.45) is 2.85. The number of nitrogens with zero attached hydrogens (tertiary/aromatic N) is 1. The highest BCUT2D eigenvalue weighted by Gasteiger charge is 2.38. The molecule has 25 heavy (non-hydrogen) atoms. The van der Waals surface area contributed by atoms with Crippen LogP contribution in [0.15, 0.2) is 18.2 Å². The van der Waals surface area contributed by atoms with Crippen molar-refractivity contribution >= 4 is 23.2 Å². The fraction of sp³-hybridized carbons (Fsp3) is 0.600. The number of anilines is 2. The van der Waals surface area contributed by atoms with Crippen molar-refractivity contribution in [1.29, 1.82) is 0 Å². The predicted molar refractivity (Wildman–Crippen MR) is 98.9 cm³/mol. The Morgan fingerprint density at radius 1 is 1.36 bits per heavy atom. The van der Waals surface area contributed by atoms with Crippen LogP contribution in [0.3, 0.4) is 0 Å². The highest BCUT2D eigenvalue weighted by atomic mass is 16.5. The summed E-state index contributed by atoms with van der Waals surface area (Å²) in [6, 6.07) is 5.58. The van der Waals surface area contributed by atoms with Crippen molar-refractivity contribution in [3.63, 3.8) is 0 Å². The minimum atomic E-state index is -0.576. The first-order valence-corrected chi connectivity index (χ1v) is 9.17. The van der Waals surface area contributed by atoms with E-state index in [9.17, 15) is 9.59 Å². The molecular weight excluding hydrogens is 316 g/mol. The Bertz CT molecular complexity index is 678. The molecule has 1 aromatic carbocycles. The van der Waals surface area contributed by atoms with Crippen LogP contribution in [0, 0.1) is 17.3 Å². The van der Waals surface area contributed by atoms with Crippen LogP contribution < -0.4 is 15.0 Å². The highest BCUT2D eigenvalue weighted by Crippen LogP contribution is 2.39. The lowest BCUT2D eigenvalue weighted by Gasteiger charge is -2.28. The van der Waals surface area contributed by atoms with Gasteiger partial charge in [0.15, 0.2) is 0 Å². The van der Waals surface area contributed by atoms with Gasteiger partial charge in [0.2, 0.25) is 11.8 Å². The second kappa shape index (κ2) is 6.70. The molecule has 0 aromatic heterocycles. The third kappa shape index (κ3) is 3.97. The quantitative estimate of drug-likeness (QED) is 0.883. The molecule has 0 atom stereocenters. The molecule has 5 heteroatoms. The summed E-state index contributed by atoms with van der Waals surface area (Å²) in [6.45, 7) is 9.13. The van der Waals surface area contributed by atoms with Crippen LogP contribution in [0.1, 0.15) is 47.0 Å². The molecule has 2 aliphatic rings. The maximum absolute atomic E-state index is 13.1. The number of hydrogen-bond acceptors (Lipinski definition) is 3. The average Bonchev–Trinajstić information content (AvgIpc) is 3.38. The molecule has 136 valence electrons. The fourth-order valence-electron chi connectivity index (χ4n) is 2.92. The SMILES string of the molecule is CC(C)CCN1C(=O)C(C)(C)COc2ccc(NC(=O)C3CC3)cc21. The van der Waals surface area contributed by atoms with Crippen molar-refractivity contribution in [2.24, 2.45) is 17.3 Å². The van der Waals surface area contributed by atoms with Gasteiger partial charge in [-0.3, -0.25) is 9.59 Å². The number of nitrogens with one attached hydrogen (secondary N) is 1. The maximum atomic E-state index is 13.1. The van der Waals surface area contributed by atoms with Crippen LogP contribution in [-0.4, -0.2) is 25.0 Å². The van der Waals surface area contributed by atoms with E-state index in [1.807, 2.05) is 36.9 Å². The normalized spacial score (nSPS) is 19.2. The zero-order chi connectivity index (χ0) is 18.2. The van der Waals surface area contributed by atoms with E-state index in [1.165, 1.54) is 0 Å². The Morgan fingerprint density at radius 3 is 2.72 bits per heavy atom. The number of rotatable bonds is 5. The van der Waals surface area contributed by atoms with Crippen molar-refractivity contribution in [1.82, 2.24) is 0 Å². The van der Waals surface area contributed by atoms with E-state index in [1.54, 1.807) is 0 Å². The molecule has 1 fully saturated rings. The van der Waals surface area contributed by atoms with E-state index < -0.39 is 5.41 Å². The van der Waals surface area contributed by atoms with E-state index in [-0.39, 0.29) is 17.7 Å². The van der Waals surface area contributed by atoms with Crippen molar-refractivity contribution < 1.29 is 14.3 Å². The van der Waals surface area contributed by atoms with Gasteiger partial charge in [0.05, 0.1) is 11.1 Å². The number of amides is 2. The number of fused-ring (bicyclic) bond motifs is 1. The van der Waals surface area contributed by atoms with Gasteiger partial charge in [0.25, 0.3) is 0 Å². The fourth-order valence-corrected chi connectivity index (χ4v) is 2.92. The van der Waals surface area contributed by atoms with E-state index in [0.717, 1.165) is 30.6 Å². The van der Waals surface area contributed by atoms with Crippen molar-refractivity contribution in [2.45, 2.75) is 47.0 Å². The lowest BCUT2D eigenvalue weighted by atomic mass is 9.92. The molecule has 0 saturated heterocycles. The number of hydrogen-bond donors (Lipinski definition) is 1. The first kappa shape index (κ1) is 17.8. The molecule has 0 bridgehead atoms. The van der Waals surface area contributed by atoms with Gasteiger partial charge in [-0.1, -0.05) is 13.8 Å². The van der Waals surface area contributed by atoms with Gasteiger partial charge in [0.1, 0.15) is 12.4 Å². The summed E-state index contributed by atoms with van der Waals surface area (Å²) >= 11 is 0. The van der Waals surface area contributed by atoms with E-state index in [2.05, 4.69) is 19.2 Å². The largest absolute Gasteiger partial charge is 0.490 e. The van der Waals surface area contributed by atoms with Crippen molar-refractivity contribution in [3.05, 3.63) is 18.2 Å². The second-order valence-electron chi connectivity index (χ2n) is 8.26. The van der Waals surface area contributed by atoms with Crippen LogP contribution in [0.4, 0.5) is 11.4 Å². The molecule has 2 amide bonds. The van der Waals surface area contributed by atoms with Crippen LogP contribution >= 0.6 is 0 Å². The predicted octanol–water partition coefficient (Wildman–Crippen LogP) is 3.83. The third-order valence-electron chi connectivity index (χ3n) is 4.81. The first-order chi connectivity index (χ1) is 11.8. The summed E-state index contributed by atoms with van der Waals surface area (Å²) in [5.41, 5.74) is 0.902. The molecule has 5 nitrogen and oxygen atoms in total. The Morgan fingerprint density at radius 2 is 2.08 bits per heavy atom. The van der Waals surface area contributed by atoms with Crippen LogP contribution in [0.2, 0.25) is 0 Å². The molecule has 1 aromatic rings. The Kier molecular flexibility index (Phi) is 4.76. The summed E-state index contributed by atoms with van der Waals surface area (Å²) in [5.74, 6) is 1.48. The molecule has 3 rings (SSSR count). The summed E-state index contributed by atoms with van der Waals surface area (Å²) in [7, 11) is 0. The smallest absolute Gasteiger partial charge is 0.236 e. The average molecular weight is 344 g/mol. The summed E-state index contributed by atoms with van der Waals surface area (Å²) < 4.78 is 5.92. The molecule has 1 heterocycles. The Labute approximate surface area is 149 Å². The second-order valence-corrected chi connectivity index (χ2v) is 8.26. The van der Waals surface area contributed by atoms with Crippen LogP contribution in [0.5, 0.6) is 5.75 Å². The van der Waals surface area contributed by atoms with Gasteiger partial charge >= 0.3 is 0 Å². The number of benzene rings is 1. The first-order valence-electron chi connectivity index (χ1n) is 9.17. The Hall–Kier alpha value is -2.04. The number of carbonyl (C=O) groups excluding carboxylic acids is 2. The van der Waals surface area contributed by atoms with Gasteiger partial charge in [-0.2, -0.15) is 0 Å². The molecule has 1 saturated carbocycles. The van der Waals surface area contributed by atoms with Gasteiger partial charge in [-0.25, -0.2) is 0 Å². The standard InChI is InChI=1S/C20H28N2O3/c1-13(2)9-10-22-16-11-15(21-18(23)14-5-6-14)7-8-17(16)25-12-20(3,4)19(22)24/h7-8,11,13-14H,5-6,9-10,12H2,1-4H3,(H,21,23). The third-order valence-corrected chi connectivity index (χ3v) is 4.81. The monoisotopic (exact) mass is 344 g/mol. The van der Waals surface area contributed by atoms with Crippen molar-refractivity contribution in [2.75, 3.05) is 23.4 Å². The molecule has 1 N–H and O–H groups in total. The molecule has 1 aliphatic heterocycles. The maximum Gasteiger partial charge on any atom is 0.236 e. The Balaban J connectivity index is 1.91. The topological polar surface area (TPSA) is 58.6 Å². The number of ether oxygens (including phenoxy) is 1. The molecule has 0 spiro atoms. The van der Waals surface area contributed by atoms with E-state index in [0.29, 0.717) is 24.8 Å². The molecule has 0 radical (unpaired) electrons. The minimum Gasteiger partial charge on any atom is -0.490 e. The lowest BCUT2D eigenvalue weighted by molar-refractivity contribution is -0.127. The van der Waals surface area contributed by atoms with Crippen LogP contribution in [-0.2, 0) is 9.59 Å². The van der Waals surface area contributed by atoms with Gasteiger partial charge in [0, 0.05) is 18.2 Å². The summed E-state index contributed by atoms with van der Waals surface area (Å²) in [4.78, 5) is 26.9. The van der Waals surface area contributed by atoms with Gasteiger partial charge < -0.3 is 15.0 Å². The van der Waals surface area contributed by atoms with Gasteiger partial charge in [-0.15, -0.1) is 0 Å². The zero-order valence-electron chi connectivity index (χ0n) is 15.6. The van der Waals surface area contributed by atoms with Crippen LogP contribution in [0.25, 0.3) is 0 Å². The molecule has 1 aliphatic carbocycles. The highest BCUT2D eigenvalue weighted by molar-refractivity contribution is 6.01. The van der Waals surface area contributed by atoms with Gasteiger partial charge in [-0.05, 0) is 57.2 Å².